The summed E-state index contributed by atoms with van der Waals surface area (Å²) in [5.41, 5.74) is 5.15. The Bertz CT molecular complexity index is 1460. The molecule has 1 aliphatic rings. The maximum atomic E-state index is 12.7. The highest BCUT2D eigenvalue weighted by Gasteiger charge is 2.23. The zero-order chi connectivity index (χ0) is 25.9. The van der Waals surface area contributed by atoms with Gasteiger partial charge in [-0.05, 0) is 73.9 Å². The number of rotatable bonds is 7. The fourth-order valence-corrected chi connectivity index (χ4v) is 5.10. The van der Waals surface area contributed by atoms with E-state index < -0.39 is 5.97 Å². The van der Waals surface area contributed by atoms with Crippen LogP contribution in [0.15, 0.2) is 83.3 Å². The van der Waals surface area contributed by atoms with Gasteiger partial charge in [0, 0.05) is 40.1 Å². The average molecular weight is 559 g/mol. The molecule has 1 saturated heterocycles. The van der Waals surface area contributed by atoms with Crippen LogP contribution in [-0.4, -0.2) is 28.1 Å². The lowest BCUT2D eigenvalue weighted by molar-refractivity contribution is -0.119. The molecule has 188 valence electrons. The van der Waals surface area contributed by atoms with E-state index in [9.17, 15) is 14.7 Å². The Kier molecular flexibility index (Phi) is 7.15. The van der Waals surface area contributed by atoms with Crippen LogP contribution < -0.4 is 9.64 Å². The second kappa shape index (κ2) is 10.6. The summed E-state index contributed by atoms with van der Waals surface area (Å²) < 4.78 is 9.16. The Balaban J connectivity index is 1.60. The quantitative estimate of drug-likeness (QED) is 0.265. The van der Waals surface area contributed by atoms with Crippen molar-refractivity contribution in [3.8, 4) is 22.7 Å². The smallest absolute Gasteiger partial charge is 0.335 e. The van der Waals surface area contributed by atoms with Crippen molar-refractivity contribution >= 4 is 33.5 Å². The molecule has 7 heteroatoms. The standard InChI is InChI=1S/C30H27BrN2O4/c1-20-10-12-27(26-17-23(31)11-13-28(26)37-19-21-7-3-2-4-8-21)33(20)25-16-22(30(35)36)15-24(18-25)32-14-6-5-9-29(32)34/h2-4,7-8,10-13,15-18H,5-6,9,14,19H2,1H3,(H,35,36). The van der Waals surface area contributed by atoms with Gasteiger partial charge in [-0.25, -0.2) is 4.79 Å². The summed E-state index contributed by atoms with van der Waals surface area (Å²) >= 11 is 3.59. The van der Waals surface area contributed by atoms with Gasteiger partial charge in [0.15, 0.2) is 0 Å². The van der Waals surface area contributed by atoms with Crippen molar-refractivity contribution < 1.29 is 19.4 Å². The van der Waals surface area contributed by atoms with Gasteiger partial charge in [-0.1, -0.05) is 46.3 Å². The summed E-state index contributed by atoms with van der Waals surface area (Å²) in [7, 11) is 0. The van der Waals surface area contributed by atoms with Crippen LogP contribution in [0.3, 0.4) is 0 Å². The highest BCUT2D eigenvalue weighted by atomic mass is 79.9. The molecule has 0 unspecified atom stereocenters. The summed E-state index contributed by atoms with van der Waals surface area (Å²) in [5.74, 6) is -0.298. The van der Waals surface area contributed by atoms with Gasteiger partial charge in [0.1, 0.15) is 12.4 Å². The third-order valence-corrected chi connectivity index (χ3v) is 7.07. The van der Waals surface area contributed by atoms with Crippen molar-refractivity contribution in [3.63, 3.8) is 0 Å². The Morgan fingerprint density at radius 2 is 1.76 bits per heavy atom. The predicted octanol–water partition coefficient (Wildman–Crippen LogP) is 7.01. The number of carbonyl (C=O) groups excluding carboxylic acids is 1. The minimum Gasteiger partial charge on any atom is -0.488 e. The first-order chi connectivity index (χ1) is 17.9. The number of benzene rings is 3. The van der Waals surface area contributed by atoms with Crippen molar-refractivity contribution in [2.45, 2.75) is 32.8 Å². The number of aromatic nitrogens is 1. The molecule has 1 aliphatic heterocycles. The van der Waals surface area contributed by atoms with E-state index in [2.05, 4.69) is 15.9 Å². The van der Waals surface area contributed by atoms with Gasteiger partial charge in [0.25, 0.3) is 0 Å². The third kappa shape index (κ3) is 5.32. The number of aromatic carboxylic acids is 1. The van der Waals surface area contributed by atoms with Crippen LogP contribution >= 0.6 is 15.9 Å². The monoisotopic (exact) mass is 558 g/mol. The van der Waals surface area contributed by atoms with Crippen molar-refractivity contribution in [2.24, 2.45) is 0 Å². The molecule has 1 amide bonds. The number of hydrogen-bond acceptors (Lipinski definition) is 3. The lowest BCUT2D eigenvalue weighted by Crippen LogP contribution is -2.35. The second-order valence-electron chi connectivity index (χ2n) is 9.16. The van der Waals surface area contributed by atoms with Gasteiger partial charge >= 0.3 is 5.97 Å². The number of hydrogen-bond donors (Lipinski definition) is 1. The number of carboxylic acid groups (broad SMARTS) is 1. The van der Waals surface area contributed by atoms with Crippen LogP contribution in [-0.2, 0) is 11.4 Å². The minimum absolute atomic E-state index is 0.0211. The van der Waals surface area contributed by atoms with E-state index in [0.29, 0.717) is 36.7 Å². The Hall–Kier alpha value is -3.84. The van der Waals surface area contributed by atoms with Crippen LogP contribution in [0.2, 0.25) is 0 Å². The molecule has 2 heterocycles. The van der Waals surface area contributed by atoms with Crippen LogP contribution in [0.25, 0.3) is 16.9 Å². The fourth-order valence-electron chi connectivity index (χ4n) is 4.74. The van der Waals surface area contributed by atoms with Crippen molar-refractivity contribution in [2.75, 3.05) is 11.4 Å². The molecule has 0 radical (unpaired) electrons. The summed E-state index contributed by atoms with van der Waals surface area (Å²) in [6.07, 6.45) is 2.23. The maximum Gasteiger partial charge on any atom is 0.335 e. The van der Waals surface area contributed by atoms with Crippen LogP contribution in [0.4, 0.5) is 5.69 Å². The molecular formula is C30H27BrN2O4. The number of anilines is 1. The third-order valence-electron chi connectivity index (χ3n) is 6.57. The van der Waals surface area contributed by atoms with Crippen LogP contribution in [0.5, 0.6) is 5.75 Å². The van der Waals surface area contributed by atoms with Crippen molar-refractivity contribution in [1.82, 2.24) is 4.57 Å². The van der Waals surface area contributed by atoms with E-state index in [1.54, 1.807) is 17.0 Å². The minimum atomic E-state index is -1.03. The summed E-state index contributed by atoms with van der Waals surface area (Å²) in [4.78, 5) is 26.4. The lowest BCUT2D eigenvalue weighted by atomic mass is 10.1. The maximum absolute atomic E-state index is 12.7. The molecule has 0 saturated carbocycles. The SMILES string of the molecule is Cc1ccc(-c2cc(Br)ccc2OCc2ccccc2)n1-c1cc(C(=O)O)cc(N2CCCCC2=O)c1. The van der Waals surface area contributed by atoms with Gasteiger partial charge in [-0.15, -0.1) is 0 Å². The number of piperidine rings is 1. The van der Waals surface area contributed by atoms with Gasteiger partial charge in [-0.2, -0.15) is 0 Å². The zero-order valence-corrected chi connectivity index (χ0v) is 22.1. The highest BCUT2D eigenvalue weighted by molar-refractivity contribution is 9.10. The second-order valence-corrected chi connectivity index (χ2v) is 10.1. The van der Waals surface area contributed by atoms with Gasteiger partial charge in [-0.3, -0.25) is 4.79 Å². The lowest BCUT2D eigenvalue weighted by Gasteiger charge is -2.28. The largest absolute Gasteiger partial charge is 0.488 e. The zero-order valence-electron chi connectivity index (χ0n) is 20.5. The van der Waals surface area contributed by atoms with E-state index in [0.717, 1.165) is 39.8 Å². The van der Waals surface area contributed by atoms with E-state index >= 15 is 0 Å². The molecule has 0 spiro atoms. The Morgan fingerprint density at radius 3 is 2.51 bits per heavy atom. The number of aryl methyl sites for hydroxylation is 1. The summed E-state index contributed by atoms with van der Waals surface area (Å²) in [5, 5.41) is 9.87. The molecule has 37 heavy (non-hydrogen) atoms. The van der Waals surface area contributed by atoms with E-state index in [-0.39, 0.29) is 11.5 Å². The molecule has 0 aliphatic carbocycles. The molecule has 3 aromatic carbocycles. The topological polar surface area (TPSA) is 71.8 Å². The Labute approximate surface area is 224 Å². The highest BCUT2D eigenvalue weighted by Crippen LogP contribution is 2.37. The first-order valence-corrected chi connectivity index (χ1v) is 13.0. The normalized spacial score (nSPS) is 13.6. The molecule has 0 bridgehead atoms. The molecule has 1 N–H and O–H groups in total. The van der Waals surface area contributed by atoms with Crippen molar-refractivity contribution in [3.05, 3.63) is 100 Å². The van der Waals surface area contributed by atoms with Crippen LogP contribution in [0.1, 0.15) is 40.9 Å². The number of nitrogens with zero attached hydrogens (tertiary/aromatic N) is 2. The number of carboxylic acids is 1. The van der Waals surface area contributed by atoms with Gasteiger partial charge in [0.2, 0.25) is 5.91 Å². The number of ether oxygens (including phenoxy) is 1. The fraction of sp³-hybridized carbons (Fsp3) is 0.200. The first-order valence-electron chi connectivity index (χ1n) is 12.2. The Morgan fingerprint density at radius 1 is 0.973 bits per heavy atom. The number of halogens is 1. The summed E-state index contributed by atoms with van der Waals surface area (Å²) in [6.45, 7) is 2.98. The van der Waals surface area contributed by atoms with Gasteiger partial charge in [0.05, 0.1) is 11.3 Å². The predicted molar refractivity (Wildman–Crippen MR) is 148 cm³/mol. The van der Waals surface area contributed by atoms with Crippen molar-refractivity contribution in [1.29, 1.82) is 0 Å². The van der Waals surface area contributed by atoms with E-state index in [1.165, 1.54) is 0 Å². The molecular weight excluding hydrogens is 532 g/mol. The number of carbonyl (C=O) groups is 2. The molecule has 1 fully saturated rings. The number of amides is 1. The molecule has 1 aromatic heterocycles. The van der Waals surface area contributed by atoms with Crippen LogP contribution in [0, 0.1) is 6.92 Å². The average Bonchev–Trinajstić information content (AvgIpc) is 3.29. The van der Waals surface area contributed by atoms with E-state index in [1.807, 2.05) is 78.2 Å². The summed E-state index contributed by atoms with van der Waals surface area (Å²) in [6, 6.07) is 25.0. The molecule has 5 rings (SSSR count). The first kappa shape index (κ1) is 24.8. The molecule has 4 aromatic rings. The molecule has 6 nitrogen and oxygen atoms in total. The van der Waals surface area contributed by atoms with Gasteiger partial charge < -0.3 is 19.3 Å². The molecule has 0 atom stereocenters. The van der Waals surface area contributed by atoms with E-state index in [4.69, 9.17) is 4.74 Å².